The highest BCUT2D eigenvalue weighted by Gasteiger charge is 2.04. The van der Waals surface area contributed by atoms with E-state index in [2.05, 4.69) is 10.6 Å². The monoisotopic (exact) mass is 255 g/mol. The Balaban J connectivity index is 2.40. The first-order chi connectivity index (χ1) is 8.13. The van der Waals surface area contributed by atoms with Gasteiger partial charge in [0.15, 0.2) is 0 Å². The van der Waals surface area contributed by atoms with Crippen molar-refractivity contribution >= 4 is 23.2 Å². The predicted molar refractivity (Wildman–Crippen MR) is 63.1 cm³/mol. The Hall–Kier alpha value is -1.80. The molecular formula is C11H11ClFN3O. The average molecular weight is 256 g/mol. The fourth-order valence-corrected chi connectivity index (χ4v) is 1.36. The van der Waals surface area contributed by atoms with Gasteiger partial charge in [-0.05, 0) is 18.2 Å². The topological polar surface area (TPSA) is 64.9 Å². The van der Waals surface area contributed by atoms with E-state index in [0.717, 1.165) is 6.07 Å². The van der Waals surface area contributed by atoms with Crippen LogP contribution in [0.15, 0.2) is 18.2 Å². The third-order valence-electron chi connectivity index (χ3n) is 1.93. The Morgan fingerprint density at radius 1 is 1.53 bits per heavy atom. The number of carbonyl (C=O) groups excluding carboxylic acids is 1. The van der Waals surface area contributed by atoms with Crippen molar-refractivity contribution in [1.29, 1.82) is 5.26 Å². The zero-order valence-corrected chi connectivity index (χ0v) is 9.72. The van der Waals surface area contributed by atoms with E-state index in [9.17, 15) is 9.18 Å². The largest absolute Gasteiger partial charge is 0.375 e. The number of hydrogen-bond donors (Lipinski definition) is 2. The zero-order chi connectivity index (χ0) is 12.7. The van der Waals surface area contributed by atoms with Crippen LogP contribution in [0.1, 0.15) is 6.42 Å². The number of nitriles is 1. The van der Waals surface area contributed by atoms with Gasteiger partial charge in [-0.3, -0.25) is 4.79 Å². The molecular weight excluding hydrogens is 245 g/mol. The maximum atomic E-state index is 12.7. The summed E-state index contributed by atoms with van der Waals surface area (Å²) in [5.41, 5.74) is 0.489. The number of anilines is 1. The number of nitrogens with zero attached hydrogens (tertiary/aromatic N) is 1. The molecule has 0 saturated heterocycles. The molecule has 0 aliphatic heterocycles. The molecule has 0 heterocycles. The first-order valence-corrected chi connectivity index (χ1v) is 5.34. The molecule has 2 N–H and O–H groups in total. The van der Waals surface area contributed by atoms with Gasteiger partial charge < -0.3 is 10.6 Å². The van der Waals surface area contributed by atoms with Gasteiger partial charge in [0.2, 0.25) is 5.91 Å². The zero-order valence-electron chi connectivity index (χ0n) is 8.96. The van der Waals surface area contributed by atoms with E-state index in [1.165, 1.54) is 12.1 Å². The lowest BCUT2D eigenvalue weighted by molar-refractivity contribution is -0.119. The highest BCUT2D eigenvalue weighted by Crippen LogP contribution is 2.21. The van der Waals surface area contributed by atoms with Crippen LogP contribution in [0, 0.1) is 17.1 Å². The molecule has 1 aromatic carbocycles. The summed E-state index contributed by atoms with van der Waals surface area (Å²) in [4.78, 5) is 11.3. The minimum atomic E-state index is -0.431. The normalized spacial score (nSPS) is 9.47. The molecule has 0 unspecified atom stereocenters. The van der Waals surface area contributed by atoms with E-state index in [1.54, 1.807) is 0 Å². The van der Waals surface area contributed by atoms with E-state index in [4.69, 9.17) is 16.9 Å². The summed E-state index contributed by atoms with van der Waals surface area (Å²) in [6.45, 7) is 0.338. The van der Waals surface area contributed by atoms with Crippen molar-refractivity contribution < 1.29 is 9.18 Å². The summed E-state index contributed by atoms with van der Waals surface area (Å²) in [6, 6.07) is 5.79. The highest BCUT2D eigenvalue weighted by molar-refractivity contribution is 6.33. The van der Waals surface area contributed by atoms with Crippen LogP contribution < -0.4 is 10.6 Å². The van der Waals surface area contributed by atoms with Crippen molar-refractivity contribution in [1.82, 2.24) is 5.32 Å². The summed E-state index contributed by atoms with van der Waals surface area (Å²) in [5.74, 6) is -0.681. The van der Waals surface area contributed by atoms with E-state index in [0.29, 0.717) is 12.2 Å². The molecule has 1 aromatic rings. The number of rotatable bonds is 5. The number of benzene rings is 1. The van der Waals surface area contributed by atoms with E-state index in [-0.39, 0.29) is 23.9 Å². The van der Waals surface area contributed by atoms with Gasteiger partial charge in [0.05, 0.1) is 29.7 Å². The Kier molecular flexibility index (Phi) is 5.24. The molecule has 0 bridgehead atoms. The van der Waals surface area contributed by atoms with Crippen LogP contribution in [0.2, 0.25) is 5.02 Å². The third kappa shape index (κ3) is 4.70. The summed E-state index contributed by atoms with van der Waals surface area (Å²) < 4.78 is 12.7. The number of carbonyl (C=O) groups is 1. The van der Waals surface area contributed by atoms with Crippen LogP contribution in [0.5, 0.6) is 0 Å². The smallest absolute Gasteiger partial charge is 0.239 e. The van der Waals surface area contributed by atoms with Crippen molar-refractivity contribution in [3.05, 3.63) is 29.0 Å². The molecule has 4 nitrogen and oxygen atoms in total. The first kappa shape index (κ1) is 13.3. The van der Waals surface area contributed by atoms with Gasteiger partial charge in [-0.15, -0.1) is 0 Å². The first-order valence-electron chi connectivity index (χ1n) is 4.96. The van der Waals surface area contributed by atoms with Gasteiger partial charge in [0.25, 0.3) is 0 Å². The Morgan fingerprint density at radius 2 is 2.29 bits per heavy atom. The molecule has 6 heteroatoms. The van der Waals surface area contributed by atoms with Gasteiger partial charge in [0.1, 0.15) is 5.82 Å². The Bertz CT molecular complexity index is 445. The number of amides is 1. The van der Waals surface area contributed by atoms with Crippen LogP contribution in [0.25, 0.3) is 0 Å². The molecule has 0 saturated carbocycles. The summed E-state index contributed by atoms with van der Waals surface area (Å²) in [6.07, 6.45) is 0.267. The summed E-state index contributed by atoms with van der Waals surface area (Å²) >= 11 is 5.76. The standard InChI is InChI=1S/C11H11ClFN3O/c12-9-6-8(13)2-3-10(9)16-7-11(17)15-5-1-4-14/h2-3,6,16H,1,5,7H2,(H,15,17). The minimum Gasteiger partial charge on any atom is -0.375 e. The molecule has 1 amide bonds. The van der Waals surface area contributed by atoms with Crippen molar-refractivity contribution in [2.75, 3.05) is 18.4 Å². The van der Waals surface area contributed by atoms with Crippen molar-refractivity contribution in [2.45, 2.75) is 6.42 Å². The van der Waals surface area contributed by atoms with E-state index in [1.807, 2.05) is 6.07 Å². The second-order valence-corrected chi connectivity index (χ2v) is 3.64. The van der Waals surface area contributed by atoms with Gasteiger partial charge in [-0.2, -0.15) is 5.26 Å². The minimum absolute atomic E-state index is 0.0246. The van der Waals surface area contributed by atoms with Gasteiger partial charge in [-0.25, -0.2) is 4.39 Å². The van der Waals surface area contributed by atoms with E-state index >= 15 is 0 Å². The van der Waals surface area contributed by atoms with Gasteiger partial charge >= 0.3 is 0 Å². The molecule has 0 fully saturated rings. The molecule has 0 radical (unpaired) electrons. The van der Waals surface area contributed by atoms with Gasteiger partial charge in [-0.1, -0.05) is 11.6 Å². The fourth-order valence-electron chi connectivity index (χ4n) is 1.13. The quantitative estimate of drug-likeness (QED) is 0.790. The molecule has 0 atom stereocenters. The van der Waals surface area contributed by atoms with Crippen LogP contribution in [-0.4, -0.2) is 19.0 Å². The molecule has 0 aliphatic rings. The van der Waals surface area contributed by atoms with Crippen LogP contribution in [0.4, 0.5) is 10.1 Å². The van der Waals surface area contributed by atoms with Crippen molar-refractivity contribution in [3.63, 3.8) is 0 Å². The lowest BCUT2D eigenvalue weighted by Crippen LogP contribution is -2.30. The predicted octanol–water partition coefficient (Wildman–Crippen LogP) is 1.92. The number of halogens is 2. The maximum absolute atomic E-state index is 12.7. The third-order valence-corrected chi connectivity index (χ3v) is 2.24. The van der Waals surface area contributed by atoms with Crippen molar-refractivity contribution in [2.24, 2.45) is 0 Å². The highest BCUT2D eigenvalue weighted by atomic mass is 35.5. The van der Waals surface area contributed by atoms with Gasteiger partial charge in [0, 0.05) is 6.54 Å². The fraction of sp³-hybridized carbons (Fsp3) is 0.273. The molecule has 0 spiro atoms. The van der Waals surface area contributed by atoms with Crippen LogP contribution in [0.3, 0.4) is 0 Å². The van der Waals surface area contributed by atoms with E-state index < -0.39 is 5.82 Å². The van der Waals surface area contributed by atoms with Crippen LogP contribution in [-0.2, 0) is 4.79 Å². The second-order valence-electron chi connectivity index (χ2n) is 3.24. The SMILES string of the molecule is N#CCCNC(=O)CNc1ccc(F)cc1Cl. The molecule has 0 aromatic heterocycles. The van der Waals surface area contributed by atoms with Crippen molar-refractivity contribution in [3.8, 4) is 6.07 Å². The molecule has 1 rings (SSSR count). The lowest BCUT2D eigenvalue weighted by Gasteiger charge is -2.08. The number of hydrogen-bond acceptors (Lipinski definition) is 3. The maximum Gasteiger partial charge on any atom is 0.239 e. The molecule has 0 aliphatic carbocycles. The second kappa shape index (κ2) is 6.71. The summed E-state index contributed by atoms with van der Waals surface area (Å²) in [7, 11) is 0. The number of nitrogens with one attached hydrogen (secondary N) is 2. The Morgan fingerprint density at radius 3 is 2.94 bits per heavy atom. The summed E-state index contributed by atoms with van der Waals surface area (Å²) in [5, 5.41) is 13.8. The molecule has 90 valence electrons. The lowest BCUT2D eigenvalue weighted by atomic mass is 10.3. The average Bonchev–Trinajstić information content (AvgIpc) is 2.28. The Labute approximate surface area is 103 Å². The van der Waals surface area contributed by atoms with Crippen LogP contribution >= 0.6 is 11.6 Å². The molecule has 17 heavy (non-hydrogen) atoms.